The smallest absolute Gasteiger partial charge is 0.149 e. The van der Waals surface area contributed by atoms with Gasteiger partial charge in [0.15, 0.2) is 0 Å². The van der Waals surface area contributed by atoms with Crippen LogP contribution < -0.4 is 0 Å². The van der Waals surface area contributed by atoms with Gasteiger partial charge >= 0.3 is 0 Å². The minimum atomic E-state index is -3.49. The number of rotatable bonds is 10. The van der Waals surface area contributed by atoms with Gasteiger partial charge in [-0.2, -0.15) is 0 Å². The van der Waals surface area contributed by atoms with E-state index in [-0.39, 0.29) is 23.1 Å². The first-order valence-corrected chi connectivity index (χ1v) is 22.2. The van der Waals surface area contributed by atoms with Crippen molar-refractivity contribution in [3.63, 3.8) is 0 Å². The summed E-state index contributed by atoms with van der Waals surface area (Å²) in [4.78, 5) is 10.4. The first kappa shape index (κ1) is 32.6. The van der Waals surface area contributed by atoms with Crippen molar-refractivity contribution in [2.24, 2.45) is 0 Å². The van der Waals surface area contributed by atoms with Crippen molar-refractivity contribution < 1.29 is 18.8 Å². The van der Waals surface area contributed by atoms with Crippen LogP contribution in [0, 0.1) is 0 Å². The number of aromatic hydroxyl groups is 1. The van der Waals surface area contributed by atoms with Crippen molar-refractivity contribution in [3.05, 3.63) is 192 Å². The number of hydrogen-bond acceptors (Lipinski definition) is 3. The Balaban J connectivity index is 1.36. The molecule has 2 heterocycles. The molecular weight excluding hydrogens is 791 g/mol. The van der Waals surface area contributed by atoms with E-state index in [0.29, 0.717) is 39.2 Å². The molecular formula is C61H59N3O. The molecule has 0 aliphatic carbocycles. The molecule has 65 heavy (non-hydrogen) atoms. The van der Waals surface area contributed by atoms with Crippen molar-refractivity contribution in [2.45, 2.75) is 85.2 Å². The van der Waals surface area contributed by atoms with E-state index in [1.165, 1.54) is 12.1 Å². The number of nitrogens with zero attached hydrogens (tertiary/aromatic N) is 3. The lowest BCUT2D eigenvalue weighted by molar-refractivity contribution is 0.466. The lowest BCUT2D eigenvalue weighted by Gasteiger charge is -2.23. The fourth-order valence-electron chi connectivity index (χ4n) is 8.69. The lowest BCUT2D eigenvalue weighted by atomic mass is 9.85. The summed E-state index contributed by atoms with van der Waals surface area (Å²) < 4.78 is 88.0. The van der Waals surface area contributed by atoms with Gasteiger partial charge in [-0.15, -0.1) is 0 Å². The molecule has 0 atom stereocenters. The number of para-hydroxylation sites is 1. The second-order valence-corrected chi connectivity index (χ2v) is 17.8. The van der Waals surface area contributed by atoms with Crippen LogP contribution >= 0.6 is 0 Å². The van der Waals surface area contributed by atoms with Gasteiger partial charge in [0, 0.05) is 36.6 Å². The van der Waals surface area contributed by atoms with Crippen LogP contribution in [0.5, 0.6) is 5.75 Å². The predicted molar refractivity (Wildman–Crippen MR) is 274 cm³/mol. The van der Waals surface area contributed by atoms with Gasteiger partial charge in [-0.25, -0.2) is 4.98 Å². The minimum absolute atomic E-state index is 0.0361. The summed E-state index contributed by atoms with van der Waals surface area (Å²) in [5.41, 5.74) is 8.92. The molecule has 2 aromatic heterocycles. The van der Waals surface area contributed by atoms with E-state index in [1.807, 2.05) is 117 Å². The van der Waals surface area contributed by atoms with Gasteiger partial charge in [-0.05, 0) is 133 Å². The highest BCUT2D eigenvalue weighted by Gasteiger charge is 2.26. The molecule has 0 saturated carbocycles. The molecule has 0 fully saturated rings. The normalized spacial score (nSPS) is 15.0. The van der Waals surface area contributed by atoms with Crippen molar-refractivity contribution in [1.82, 2.24) is 14.5 Å². The van der Waals surface area contributed by atoms with Gasteiger partial charge in [0.2, 0.25) is 0 Å². The number of benzene rings is 7. The average molecular weight is 860 g/mol. The maximum atomic E-state index is 12.4. The van der Waals surface area contributed by atoms with Crippen LogP contribution in [-0.4, -0.2) is 19.6 Å². The quantitative estimate of drug-likeness (QED) is 0.149. The van der Waals surface area contributed by atoms with E-state index in [0.717, 1.165) is 61.3 Å². The fourth-order valence-corrected chi connectivity index (χ4v) is 8.69. The number of pyridine rings is 1. The third-order valence-electron chi connectivity index (χ3n) is 12.3. The van der Waals surface area contributed by atoms with E-state index in [9.17, 15) is 5.11 Å². The Labute approximate surface area is 399 Å². The lowest BCUT2D eigenvalue weighted by Crippen LogP contribution is -2.12. The van der Waals surface area contributed by atoms with Gasteiger partial charge < -0.3 is 5.11 Å². The van der Waals surface area contributed by atoms with Crippen LogP contribution in [0.3, 0.4) is 0 Å². The van der Waals surface area contributed by atoms with Crippen LogP contribution in [0.4, 0.5) is 0 Å². The Bertz CT molecular complexity index is 3520. The summed E-state index contributed by atoms with van der Waals surface area (Å²) in [6.07, 6.45) is 1.80. The first-order valence-electron chi connectivity index (χ1n) is 27.2. The van der Waals surface area contributed by atoms with Crippen molar-refractivity contribution in [1.29, 1.82) is 0 Å². The van der Waals surface area contributed by atoms with Crippen LogP contribution in [0.2, 0.25) is 0 Å². The molecule has 0 radical (unpaired) electrons. The molecule has 0 aliphatic heterocycles. The Morgan fingerprint density at radius 3 is 1.89 bits per heavy atom. The molecule has 0 unspecified atom stereocenters. The summed E-state index contributed by atoms with van der Waals surface area (Å²) >= 11 is 0. The Kier molecular flexibility index (Phi) is 8.77. The monoisotopic (exact) mass is 860 g/mol. The predicted octanol–water partition coefficient (Wildman–Crippen LogP) is 16.8. The zero-order valence-corrected chi connectivity index (χ0v) is 37.6. The second-order valence-electron chi connectivity index (χ2n) is 17.8. The molecule has 0 spiro atoms. The Morgan fingerprint density at radius 2 is 1.22 bits per heavy atom. The van der Waals surface area contributed by atoms with Gasteiger partial charge in [0.1, 0.15) is 11.6 Å². The van der Waals surface area contributed by atoms with Crippen LogP contribution in [0.15, 0.2) is 170 Å². The minimum Gasteiger partial charge on any atom is -0.507 e. The highest BCUT2D eigenvalue weighted by molar-refractivity contribution is 5.98. The van der Waals surface area contributed by atoms with E-state index < -0.39 is 31.9 Å². The largest absolute Gasteiger partial charge is 0.507 e. The SMILES string of the molecule is [2H]C(C)(C)c1ccc(-c2ccnc(-c3cc(-c4ccccc4)cc(-c4cccc5c4nc(-c4cc(C(C)C)cc(C(C)C)c4O)n5-c4ccc(C(C([2H])([2H])[2H])(C([2H])([2H])[2H])C([2H])([2H])[2H])cc4-c4ccccc4)c3)c2)cc1. The molecule has 0 saturated heterocycles. The highest BCUT2D eigenvalue weighted by Crippen LogP contribution is 2.45. The molecule has 7 aromatic carbocycles. The maximum Gasteiger partial charge on any atom is 0.149 e. The second kappa shape index (κ2) is 17.5. The molecule has 9 rings (SSSR count). The molecule has 324 valence electrons. The summed E-state index contributed by atoms with van der Waals surface area (Å²) in [6.45, 7) is 1.45. The highest BCUT2D eigenvalue weighted by atomic mass is 16.3. The van der Waals surface area contributed by atoms with Gasteiger partial charge in [0.25, 0.3) is 0 Å². The standard InChI is InChI=1S/C61H59N3O/c1-38(2)41-23-25-43(26-24-41)45-29-30-62-55(36-45)49-32-47(42-17-12-10-13-18-42)31-48(33-49)51-21-16-22-57-58(51)63-60(54-35-46(39(3)4)34-52(40(5)6)59(54)65)64(57)56-28-27-50(61(7,8)9)37-53(56)44-19-14-11-15-20-44/h10-40,65H,1-9H3/i7D3,8D3,9D3,38D. The zero-order valence-electron chi connectivity index (χ0n) is 47.6. The summed E-state index contributed by atoms with van der Waals surface area (Å²) in [5, 5.41) is 12.4. The summed E-state index contributed by atoms with van der Waals surface area (Å²) in [7, 11) is 0. The Morgan fingerprint density at radius 1 is 0.538 bits per heavy atom. The van der Waals surface area contributed by atoms with Crippen LogP contribution in [0.1, 0.15) is 116 Å². The van der Waals surface area contributed by atoms with E-state index >= 15 is 0 Å². The third-order valence-corrected chi connectivity index (χ3v) is 12.3. The number of phenols is 1. The van der Waals surface area contributed by atoms with Crippen LogP contribution in [-0.2, 0) is 5.41 Å². The summed E-state index contributed by atoms with van der Waals surface area (Å²) in [6, 6.07) is 51.6. The van der Waals surface area contributed by atoms with Gasteiger partial charge in [-0.3, -0.25) is 9.55 Å². The van der Waals surface area contributed by atoms with Crippen LogP contribution in [0.25, 0.3) is 83.9 Å². The average Bonchev–Trinajstić information content (AvgIpc) is 3.75. The zero-order chi connectivity index (χ0) is 54.0. The topological polar surface area (TPSA) is 50.9 Å². The van der Waals surface area contributed by atoms with E-state index in [2.05, 4.69) is 50.2 Å². The molecule has 1 N–H and O–H groups in total. The number of hydrogen-bond donors (Lipinski definition) is 1. The van der Waals surface area contributed by atoms with E-state index in [4.69, 9.17) is 23.7 Å². The molecule has 0 bridgehead atoms. The maximum absolute atomic E-state index is 12.4. The van der Waals surface area contributed by atoms with Gasteiger partial charge in [0.05, 0.1) is 28.0 Å². The number of phenolic OH excluding ortho intramolecular Hbond substituents is 1. The number of aromatic nitrogens is 3. The van der Waals surface area contributed by atoms with E-state index in [1.54, 1.807) is 36.5 Å². The van der Waals surface area contributed by atoms with Gasteiger partial charge in [-0.1, -0.05) is 171 Å². The van der Waals surface area contributed by atoms with Crippen molar-refractivity contribution in [2.75, 3.05) is 0 Å². The first-order chi connectivity index (χ1) is 35.3. The summed E-state index contributed by atoms with van der Waals surface area (Å²) in [5.74, 6) is -0.371. The number of imidazole rings is 1. The van der Waals surface area contributed by atoms with Crippen molar-refractivity contribution in [3.8, 4) is 78.6 Å². The Hall–Kier alpha value is -7.04. The third kappa shape index (κ3) is 8.54. The number of fused-ring (bicyclic) bond motifs is 1. The molecule has 0 amide bonds. The van der Waals surface area contributed by atoms with Crippen molar-refractivity contribution >= 4 is 11.0 Å². The fraction of sp³-hybridized carbons (Fsp3) is 0.213. The molecule has 9 aromatic rings. The molecule has 4 nitrogen and oxygen atoms in total. The molecule has 4 heteroatoms. The molecule has 0 aliphatic rings.